The normalized spacial score (nSPS) is 15.6. The van der Waals surface area contributed by atoms with Crippen LogP contribution in [0.2, 0.25) is 0 Å². The first-order valence-corrected chi connectivity index (χ1v) is 8.26. The molecule has 1 aliphatic heterocycles. The number of nitrogens with zero attached hydrogens (tertiary/aromatic N) is 2. The van der Waals surface area contributed by atoms with Gasteiger partial charge in [0, 0.05) is 38.8 Å². The van der Waals surface area contributed by atoms with Crippen LogP contribution in [0.1, 0.15) is 38.3 Å². The molecule has 0 amide bonds. The number of nitrogens with one attached hydrogen (secondary N) is 2. The standard InChI is InChI=1S/C18H30N4.HI/c1-18(2,3)21-17(19-4)20-11-7-12-22-13-10-15-8-5-6-9-16(15)14-22;/h5-6,8-9H,7,10-14H2,1-4H3,(H2,19,20,21);1H. The fourth-order valence-electron chi connectivity index (χ4n) is 2.79. The van der Waals surface area contributed by atoms with Crippen molar-refractivity contribution in [2.45, 2.75) is 45.7 Å². The summed E-state index contributed by atoms with van der Waals surface area (Å²) < 4.78 is 0. The zero-order chi connectivity index (χ0) is 16.0. The molecule has 1 heterocycles. The summed E-state index contributed by atoms with van der Waals surface area (Å²) in [5.74, 6) is 0.886. The SMILES string of the molecule is CN=C(NCCCN1CCc2ccccc2C1)NC(C)(C)C.I. The van der Waals surface area contributed by atoms with E-state index in [1.165, 1.54) is 24.1 Å². The van der Waals surface area contributed by atoms with E-state index < -0.39 is 0 Å². The van der Waals surface area contributed by atoms with Crippen LogP contribution in [0.4, 0.5) is 0 Å². The Morgan fingerprint density at radius 3 is 2.57 bits per heavy atom. The van der Waals surface area contributed by atoms with Gasteiger partial charge in [0.25, 0.3) is 0 Å². The van der Waals surface area contributed by atoms with Gasteiger partial charge in [-0.15, -0.1) is 24.0 Å². The highest BCUT2D eigenvalue weighted by atomic mass is 127. The molecule has 23 heavy (non-hydrogen) atoms. The minimum Gasteiger partial charge on any atom is -0.356 e. The van der Waals surface area contributed by atoms with E-state index in [1.54, 1.807) is 0 Å². The number of halogens is 1. The summed E-state index contributed by atoms with van der Waals surface area (Å²) in [4.78, 5) is 6.81. The topological polar surface area (TPSA) is 39.7 Å². The van der Waals surface area contributed by atoms with Gasteiger partial charge in [0.05, 0.1) is 0 Å². The van der Waals surface area contributed by atoms with Gasteiger partial charge >= 0.3 is 0 Å². The molecule has 0 saturated heterocycles. The maximum Gasteiger partial charge on any atom is 0.191 e. The minimum atomic E-state index is 0. The number of fused-ring (bicyclic) bond motifs is 1. The van der Waals surface area contributed by atoms with Gasteiger partial charge in [-0.2, -0.15) is 0 Å². The molecule has 1 aromatic carbocycles. The third kappa shape index (κ3) is 7.08. The van der Waals surface area contributed by atoms with Crippen LogP contribution < -0.4 is 10.6 Å². The lowest BCUT2D eigenvalue weighted by Crippen LogP contribution is -2.48. The quantitative estimate of drug-likeness (QED) is 0.334. The first kappa shape index (κ1) is 20.2. The molecular weight excluding hydrogens is 399 g/mol. The van der Waals surface area contributed by atoms with Gasteiger partial charge in [-0.1, -0.05) is 24.3 Å². The van der Waals surface area contributed by atoms with Crippen molar-refractivity contribution in [1.82, 2.24) is 15.5 Å². The number of rotatable bonds is 4. The predicted molar refractivity (Wildman–Crippen MR) is 110 cm³/mol. The van der Waals surface area contributed by atoms with Crippen LogP contribution in [0.25, 0.3) is 0 Å². The Morgan fingerprint density at radius 2 is 1.91 bits per heavy atom. The van der Waals surface area contributed by atoms with Crippen molar-refractivity contribution in [2.24, 2.45) is 4.99 Å². The van der Waals surface area contributed by atoms with Crippen molar-refractivity contribution in [3.63, 3.8) is 0 Å². The van der Waals surface area contributed by atoms with Gasteiger partial charge in [0.2, 0.25) is 0 Å². The molecule has 130 valence electrons. The predicted octanol–water partition coefficient (Wildman–Crippen LogP) is 3.02. The van der Waals surface area contributed by atoms with E-state index in [9.17, 15) is 0 Å². The second kappa shape index (κ2) is 9.47. The van der Waals surface area contributed by atoms with Crippen molar-refractivity contribution in [2.75, 3.05) is 26.7 Å². The lowest BCUT2D eigenvalue weighted by atomic mass is 10.00. The number of hydrogen-bond acceptors (Lipinski definition) is 2. The summed E-state index contributed by atoms with van der Waals surface area (Å²) in [5, 5.41) is 6.78. The molecule has 5 heteroatoms. The van der Waals surface area contributed by atoms with Crippen molar-refractivity contribution in [3.8, 4) is 0 Å². The Balaban J connectivity index is 0.00000264. The van der Waals surface area contributed by atoms with Gasteiger partial charge in [-0.3, -0.25) is 9.89 Å². The summed E-state index contributed by atoms with van der Waals surface area (Å²) in [6.07, 6.45) is 2.31. The third-order valence-electron chi connectivity index (χ3n) is 3.87. The van der Waals surface area contributed by atoms with Gasteiger partial charge in [0.1, 0.15) is 0 Å². The summed E-state index contributed by atoms with van der Waals surface area (Å²) in [6.45, 7) is 10.8. The molecule has 0 aliphatic carbocycles. The van der Waals surface area contributed by atoms with Crippen LogP contribution in [0, 0.1) is 0 Å². The minimum absolute atomic E-state index is 0. The van der Waals surface area contributed by atoms with Gasteiger partial charge < -0.3 is 10.6 Å². The van der Waals surface area contributed by atoms with Gasteiger partial charge in [0.15, 0.2) is 5.96 Å². The molecule has 2 rings (SSSR count). The zero-order valence-electron chi connectivity index (χ0n) is 14.9. The first-order valence-electron chi connectivity index (χ1n) is 8.26. The summed E-state index contributed by atoms with van der Waals surface area (Å²) in [5.41, 5.74) is 3.05. The van der Waals surface area contributed by atoms with Crippen LogP contribution in [-0.4, -0.2) is 43.1 Å². The van der Waals surface area contributed by atoms with Crippen LogP contribution in [0.5, 0.6) is 0 Å². The van der Waals surface area contributed by atoms with Gasteiger partial charge in [-0.05, 0) is 44.7 Å². The van der Waals surface area contributed by atoms with Gasteiger partial charge in [-0.25, -0.2) is 0 Å². The van der Waals surface area contributed by atoms with E-state index >= 15 is 0 Å². The monoisotopic (exact) mass is 430 g/mol. The average Bonchev–Trinajstić information content (AvgIpc) is 2.49. The highest BCUT2D eigenvalue weighted by Gasteiger charge is 2.15. The van der Waals surface area contributed by atoms with Crippen LogP contribution in [0.15, 0.2) is 29.3 Å². The van der Waals surface area contributed by atoms with Crippen LogP contribution >= 0.6 is 24.0 Å². The molecule has 0 unspecified atom stereocenters. The van der Waals surface area contributed by atoms with E-state index in [1.807, 2.05) is 7.05 Å². The van der Waals surface area contributed by atoms with Crippen LogP contribution in [-0.2, 0) is 13.0 Å². The van der Waals surface area contributed by atoms with E-state index in [0.717, 1.165) is 32.0 Å². The van der Waals surface area contributed by atoms with E-state index in [4.69, 9.17) is 0 Å². The van der Waals surface area contributed by atoms with Crippen molar-refractivity contribution in [3.05, 3.63) is 35.4 Å². The highest BCUT2D eigenvalue weighted by molar-refractivity contribution is 14.0. The van der Waals surface area contributed by atoms with E-state index in [0.29, 0.717) is 0 Å². The van der Waals surface area contributed by atoms with E-state index in [2.05, 4.69) is 65.6 Å². The Kier molecular flexibility index (Phi) is 8.33. The number of hydrogen-bond donors (Lipinski definition) is 2. The Labute approximate surface area is 158 Å². The maximum atomic E-state index is 4.27. The average molecular weight is 430 g/mol. The second-order valence-electron chi connectivity index (χ2n) is 7.02. The van der Waals surface area contributed by atoms with Crippen molar-refractivity contribution >= 4 is 29.9 Å². The summed E-state index contributed by atoms with van der Waals surface area (Å²) in [6, 6.07) is 8.81. The number of aliphatic imine (C=N–C) groups is 1. The number of guanidine groups is 1. The van der Waals surface area contributed by atoms with Crippen molar-refractivity contribution in [1.29, 1.82) is 0 Å². The Hall–Kier alpha value is -0.820. The molecule has 0 saturated carbocycles. The zero-order valence-corrected chi connectivity index (χ0v) is 17.2. The molecule has 1 aromatic rings. The Bertz CT molecular complexity index is 508. The summed E-state index contributed by atoms with van der Waals surface area (Å²) >= 11 is 0. The number of benzene rings is 1. The molecule has 0 aromatic heterocycles. The summed E-state index contributed by atoms with van der Waals surface area (Å²) in [7, 11) is 1.82. The molecule has 0 atom stereocenters. The first-order chi connectivity index (χ1) is 10.5. The third-order valence-corrected chi connectivity index (χ3v) is 3.87. The molecule has 2 N–H and O–H groups in total. The van der Waals surface area contributed by atoms with Crippen molar-refractivity contribution < 1.29 is 0 Å². The fourth-order valence-corrected chi connectivity index (χ4v) is 2.79. The molecule has 0 radical (unpaired) electrons. The molecule has 0 spiro atoms. The molecule has 4 nitrogen and oxygen atoms in total. The Morgan fingerprint density at radius 1 is 1.22 bits per heavy atom. The molecule has 0 bridgehead atoms. The maximum absolute atomic E-state index is 4.27. The lowest BCUT2D eigenvalue weighted by Gasteiger charge is -2.29. The van der Waals surface area contributed by atoms with E-state index in [-0.39, 0.29) is 29.5 Å². The molecule has 1 aliphatic rings. The molecule has 0 fully saturated rings. The highest BCUT2D eigenvalue weighted by Crippen LogP contribution is 2.18. The smallest absolute Gasteiger partial charge is 0.191 e. The second-order valence-corrected chi connectivity index (χ2v) is 7.02. The fraction of sp³-hybridized carbons (Fsp3) is 0.611. The largest absolute Gasteiger partial charge is 0.356 e. The van der Waals surface area contributed by atoms with Crippen LogP contribution in [0.3, 0.4) is 0 Å². The molecular formula is C18H31IN4. The lowest BCUT2D eigenvalue weighted by molar-refractivity contribution is 0.251.